The quantitative estimate of drug-likeness (QED) is 0.776. The van der Waals surface area contributed by atoms with E-state index < -0.39 is 9.84 Å². The Morgan fingerprint density at radius 3 is 2.65 bits per heavy atom. The number of sulfone groups is 1. The Labute approximate surface area is 105 Å². The minimum absolute atomic E-state index is 0.264. The second kappa shape index (κ2) is 6.71. The highest BCUT2D eigenvalue weighted by Gasteiger charge is 2.24. The third kappa shape index (κ3) is 4.56. The largest absolute Gasteiger partial charge is 0.330 e. The van der Waals surface area contributed by atoms with E-state index in [0.717, 1.165) is 13.0 Å². The molecule has 17 heavy (non-hydrogen) atoms. The summed E-state index contributed by atoms with van der Waals surface area (Å²) in [7, 11) is -2.91. The first-order valence-electron chi connectivity index (χ1n) is 6.63. The Bertz CT molecular complexity index is 312. The van der Waals surface area contributed by atoms with Crippen LogP contribution in [0.5, 0.6) is 0 Å². The molecule has 1 unspecified atom stereocenters. The minimum Gasteiger partial charge on any atom is -0.330 e. The van der Waals surface area contributed by atoms with Crippen LogP contribution in [0, 0.1) is 0 Å². The van der Waals surface area contributed by atoms with E-state index in [4.69, 9.17) is 5.73 Å². The number of likely N-dealkylation sites (tertiary alicyclic amines) is 1. The van der Waals surface area contributed by atoms with Crippen LogP contribution >= 0.6 is 0 Å². The van der Waals surface area contributed by atoms with E-state index in [-0.39, 0.29) is 11.0 Å². The molecule has 102 valence electrons. The van der Waals surface area contributed by atoms with Gasteiger partial charge in [0.1, 0.15) is 0 Å². The van der Waals surface area contributed by atoms with E-state index in [1.807, 2.05) is 0 Å². The van der Waals surface area contributed by atoms with Gasteiger partial charge < -0.3 is 5.73 Å². The van der Waals surface area contributed by atoms with Crippen molar-refractivity contribution in [2.45, 2.75) is 50.8 Å². The van der Waals surface area contributed by atoms with Crippen molar-refractivity contribution in [2.24, 2.45) is 5.73 Å². The Morgan fingerprint density at radius 1 is 1.35 bits per heavy atom. The zero-order chi connectivity index (χ0) is 12.9. The summed E-state index contributed by atoms with van der Waals surface area (Å²) in [6.45, 7) is 5.90. The molecule has 1 heterocycles. The van der Waals surface area contributed by atoms with E-state index in [0.29, 0.717) is 19.1 Å². The zero-order valence-corrected chi connectivity index (χ0v) is 11.9. The lowest BCUT2D eigenvalue weighted by atomic mass is 9.99. The van der Waals surface area contributed by atoms with Crippen molar-refractivity contribution in [3.8, 4) is 0 Å². The van der Waals surface area contributed by atoms with Crippen LogP contribution in [0.2, 0.25) is 0 Å². The number of nitrogens with zero attached hydrogens (tertiary/aromatic N) is 1. The average molecular weight is 262 g/mol. The molecule has 1 saturated heterocycles. The molecule has 0 aromatic carbocycles. The van der Waals surface area contributed by atoms with Gasteiger partial charge in [0.05, 0.1) is 11.0 Å². The van der Waals surface area contributed by atoms with Crippen LogP contribution in [0.3, 0.4) is 0 Å². The van der Waals surface area contributed by atoms with Crippen LogP contribution in [0.1, 0.15) is 39.5 Å². The average Bonchev–Trinajstić information content (AvgIpc) is 2.28. The molecule has 1 rings (SSSR count). The van der Waals surface area contributed by atoms with Crippen molar-refractivity contribution >= 4 is 9.84 Å². The first-order valence-corrected chi connectivity index (χ1v) is 8.34. The van der Waals surface area contributed by atoms with Crippen LogP contribution in [-0.4, -0.2) is 50.0 Å². The summed E-state index contributed by atoms with van der Waals surface area (Å²) in [5.74, 6) is 0.283. The lowest BCUT2D eigenvalue weighted by Gasteiger charge is -2.35. The predicted molar refractivity (Wildman–Crippen MR) is 71.8 cm³/mol. The second-order valence-corrected chi connectivity index (χ2v) is 7.86. The molecule has 0 aromatic heterocycles. The molecule has 0 bridgehead atoms. The maximum Gasteiger partial charge on any atom is 0.153 e. The summed E-state index contributed by atoms with van der Waals surface area (Å²) in [6, 6.07) is 0.496. The van der Waals surface area contributed by atoms with Crippen molar-refractivity contribution in [1.29, 1.82) is 0 Å². The van der Waals surface area contributed by atoms with Gasteiger partial charge in [0.15, 0.2) is 9.84 Å². The highest BCUT2D eigenvalue weighted by Crippen LogP contribution is 2.19. The maximum absolute atomic E-state index is 11.8. The van der Waals surface area contributed by atoms with Gasteiger partial charge in [-0.25, -0.2) is 8.42 Å². The molecule has 0 spiro atoms. The Hall–Kier alpha value is -0.130. The molecule has 1 aliphatic rings. The molecule has 0 aliphatic carbocycles. The Balaban J connectivity index is 2.48. The fourth-order valence-corrected chi connectivity index (χ4v) is 3.31. The van der Waals surface area contributed by atoms with Gasteiger partial charge in [0.25, 0.3) is 0 Å². The van der Waals surface area contributed by atoms with Gasteiger partial charge in [-0.1, -0.05) is 6.42 Å². The Kier molecular flexibility index (Phi) is 5.89. The fourth-order valence-electron chi connectivity index (χ4n) is 2.35. The molecule has 0 radical (unpaired) electrons. The highest BCUT2D eigenvalue weighted by atomic mass is 32.2. The number of piperidine rings is 1. The third-order valence-electron chi connectivity index (χ3n) is 3.63. The SMILES string of the molecule is CC(C)S(=O)(=O)CCN1CCCCC1CCN. The zero-order valence-electron chi connectivity index (χ0n) is 11.1. The molecule has 2 N–H and O–H groups in total. The molecule has 1 fully saturated rings. The predicted octanol–water partition coefficient (Wildman–Crippen LogP) is 1.01. The molecule has 5 heteroatoms. The smallest absolute Gasteiger partial charge is 0.153 e. The van der Waals surface area contributed by atoms with Crippen molar-refractivity contribution < 1.29 is 8.42 Å². The van der Waals surface area contributed by atoms with Gasteiger partial charge in [-0.15, -0.1) is 0 Å². The molecule has 0 saturated carbocycles. The van der Waals surface area contributed by atoms with Gasteiger partial charge in [0, 0.05) is 12.6 Å². The molecule has 1 atom stereocenters. The first-order chi connectivity index (χ1) is 7.97. The third-order valence-corrected chi connectivity index (χ3v) is 5.82. The molecule has 0 aromatic rings. The number of rotatable bonds is 6. The van der Waals surface area contributed by atoms with Gasteiger partial charge in [-0.3, -0.25) is 4.90 Å². The fraction of sp³-hybridized carbons (Fsp3) is 1.00. The number of hydrogen-bond acceptors (Lipinski definition) is 4. The van der Waals surface area contributed by atoms with Gasteiger partial charge in [0.2, 0.25) is 0 Å². The van der Waals surface area contributed by atoms with Crippen LogP contribution in [0.15, 0.2) is 0 Å². The monoisotopic (exact) mass is 262 g/mol. The van der Waals surface area contributed by atoms with E-state index in [2.05, 4.69) is 4.90 Å². The molecule has 0 amide bonds. The van der Waals surface area contributed by atoms with Crippen molar-refractivity contribution in [3.63, 3.8) is 0 Å². The summed E-state index contributed by atoms with van der Waals surface area (Å²) in [4.78, 5) is 2.32. The summed E-state index contributed by atoms with van der Waals surface area (Å²) < 4.78 is 23.6. The van der Waals surface area contributed by atoms with Crippen molar-refractivity contribution in [3.05, 3.63) is 0 Å². The van der Waals surface area contributed by atoms with Gasteiger partial charge in [-0.2, -0.15) is 0 Å². The Morgan fingerprint density at radius 2 is 2.06 bits per heavy atom. The number of hydrogen-bond donors (Lipinski definition) is 1. The molecular formula is C12H26N2O2S. The first kappa shape index (κ1) is 14.9. The topological polar surface area (TPSA) is 63.4 Å². The molecule has 4 nitrogen and oxygen atoms in total. The summed E-state index contributed by atoms with van der Waals surface area (Å²) in [5.41, 5.74) is 5.61. The summed E-state index contributed by atoms with van der Waals surface area (Å²) in [5, 5.41) is -0.264. The van der Waals surface area contributed by atoms with E-state index in [9.17, 15) is 8.42 Å². The molecule has 1 aliphatic heterocycles. The van der Waals surface area contributed by atoms with E-state index in [1.54, 1.807) is 13.8 Å². The van der Waals surface area contributed by atoms with Crippen LogP contribution < -0.4 is 5.73 Å². The standard InChI is InChI=1S/C12H26N2O2S/c1-11(2)17(15,16)10-9-14-8-4-3-5-12(14)6-7-13/h11-12H,3-10,13H2,1-2H3. The summed E-state index contributed by atoms with van der Waals surface area (Å²) in [6.07, 6.45) is 4.58. The summed E-state index contributed by atoms with van der Waals surface area (Å²) >= 11 is 0. The van der Waals surface area contributed by atoms with Crippen molar-refractivity contribution in [1.82, 2.24) is 4.90 Å². The maximum atomic E-state index is 11.8. The highest BCUT2D eigenvalue weighted by molar-refractivity contribution is 7.92. The lowest BCUT2D eigenvalue weighted by Crippen LogP contribution is -2.43. The van der Waals surface area contributed by atoms with Crippen LogP contribution in [0.4, 0.5) is 0 Å². The number of nitrogens with two attached hydrogens (primary N) is 1. The van der Waals surface area contributed by atoms with Crippen LogP contribution in [-0.2, 0) is 9.84 Å². The van der Waals surface area contributed by atoms with Crippen LogP contribution in [0.25, 0.3) is 0 Å². The lowest BCUT2D eigenvalue weighted by molar-refractivity contribution is 0.150. The second-order valence-electron chi connectivity index (χ2n) is 5.18. The molecular weight excluding hydrogens is 236 g/mol. The van der Waals surface area contributed by atoms with Gasteiger partial charge in [-0.05, 0) is 46.2 Å². The van der Waals surface area contributed by atoms with Gasteiger partial charge >= 0.3 is 0 Å². The van der Waals surface area contributed by atoms with E-state index in [1.165, 1.54) is 19.3 Å². The van der Waals surface area contributed by atoms with Crippen molar-refractivity contribution in [2.75, 3.05) is 25.4 Å². The minimum atomic E-state index is -2.91. The van der Waals surface area contributed by atoms with E-state index >= 15 is 0 Å². The normalized spacial score (nSPS) is 23.2.